The summed E-state index contributed by atoms with van der Waals surface area (Å²) in [6.07, 6.45) is 3.16. The van der Waals surface area contributed by atoms with E-state index in [2.05, 4.69) is 6.92 Å². The van der Waals surface area contributed by atoms with E-state index < -0.39 is 0 Å². The van der Waals surface area contributed by atoms with Crippen LogP contribution in [0.25, 0.3) is 0 Å². The molecule has 1 aliphatic rings. The zero-order chi connectivity index (χ0) is 6.85. The lowest BCUT2D eigenvalue weighted by molar-refractivity contribution is -0.120. The fraction of sp³-hybridized carbons (Fsp3) is 0.875. The molecule has 0 radical (unpaired) electrons. The van der Waals surface area contributed by atoms with Gasteiger partial charge in [-0.25, -0.2) is 0 Å². The molecule has 0 spiro atoms. The van der Waals surface area contributed by atoms with Gasteiger partial charge in [-0.3, -0.25) is 4.79 Å². The van der Waals surface area contributed by atoms with Crippen LogP contribution < -0.4 is 0 Å². The molecule has 0 aromatic carbocycles. The third-order valence-corrected chi connectivity index (χ3v) is 2.30. The van der Waals surface area contributed by atoms with Crippen LogP contribution in [0, 0.1) is 11.8 Å². The first kappa shape index (κ1) is 6.79. The molecule has 1 saturated carbocycles. The van der Waals surface area contributed by atoms with E-state index in [9.17, 15) is 4.79 Å². The van der Waals surface area contributed by atoms with Gasteiger partial charge in [-0.2, -0.15) is 0 Å². The second kappa shape index (κ2) is 2.51. The van der Waals surface area contributed by atoms with E-state index in [1.165, 1.54) is 6.42 Å². The summed E-state index contributed by atoms with van der Waals surface area (Å²) in [5, 5.41) is 0. The van der Waals surface area contributed by atoms with E-state index in [0.29, 0.717) is 17.6 Å². The standard InChI is InChI=1S/C8H14O/c1-3-7-4-6(2)8(9)5-7/h6-7H,3-5H2,1-2H3. The third kappa shape index (κ3) is 1.32. The van der Waals surface area contributed by atoms with E-state index in [0.717, 1.165) is 12.8 Å². The van der Waals surface area contributed by atoms with Gasteiger partial charge in [0.2, 0.25) is 0 Å². The van der Waals surface area contributed by atoms with Crippen molar-refractivity contribution in [2.75, 3.05) is 0 Å². The number of carbonyl (C=O) groups is 1. The van der Waals surface area contributed by atoms with Crippen molar-refractivity contribution in [3.8, 4) is 0 Å². The van der Waals surface area contributed by atoms with Crippen LogP contribution in [0.3, 0.4) is 0 Å². The second-order valence-corrected chi connectivity index (χ2v) is 3.08. The fourth-order valence-corrected chi connectivity index (χ4v) is 1.51. The minimum absolute atomic E-state index is 0.356. The maximum Gasteiger partial charge on any atom is 0.135 e. The molecule has 0 bridgehead atoms. The Bertz CT molecular complexity index is 118. The predicted octanol–water partition coefficient (Wildman–Crippen LogP) is 2.01. The Labute approximate surface area is 56.4 Å². The summed E-state index contributed by atoms with van der Waals surface area (Å²) < 4.78 is 0. The van der Waals surface area contributed by atoms with Crippen LogP contribution in [0.2, 0.25) is 0 Å². The third-order valence-electron chi connectivity index (χ3n) is 2.30. The number of hydrogen-bond acceptors (Lipinski definition) is 1. The molecular formula is C8H14O. The molecule has 0 saturated heterocycles. The predicted molar refractivity (Wildman–Crippen MR) is 37.2 cm³/mol. The van der Waals surface area contributed by atoms with Crippen LogP contribution in [-0.4, -0.2) is 5.78 Å². The van der Waals surface area contributed by atoms with Crippen molar-refractivity contribution >= 4 is 5.78 Å². The number of carbonyl (C=O) groups excluding carboxylic acids is 1. The number of rotatable bonds is 1. The molecule has 52 valence electrons. The summed E-state index contributed by atoms with van der Waals surface area (Å²) in [7, 11) is 0. The molecule has 1 nitrogen and oxygen atoms in total. The first-order valence-corrected chi connectivity index (χ1v) is 3.76. The SMILES string of the molecule is CCC1CC(=O)C(C)C1. The number of ketones is 1. The Morgan fingerprint density at radius 1 is 1.67 bits per heavy atom. The van der Waals surface area contributed by atoms with Crippen LogP contribution in [0.4, 0.5) is 0 Å². The van der Waals surface area contributed by atoms with Gasteiger partial charge in [0, 0.05) is 12.3 Å². The zero-order valence-electron chi connectivity index (χ0n) is 6.18. The van der Waals surface area contributed by atoms with Crippen molar-refractivity contribution in [2.24, 2.45) is 11.8 Å². The second-order valence-electron chi connectivity index (χ2n) is 3.08. The monoisotopic (exact) mass is 126 g/mol. The molecule has 1 heteroatoms. The van der Waals surface area contributed by atoms with Crippen molar-refractivity contribution in [3.05, 3.63) is 0 Å². The van der Waals surface area contributed by atoms with E-state index in [1.54, 1.807) is 0 Å². The fourth-order valence-electron chi connectivity index (χ4n) is 1.51. The molecular weight excluding hydrogens is 112 g/mol. The Kier molecular flexibility index (Phi) is 1.89. The smallest absolute Gasteiger partial charge is 0.135 e. The Balaban J connectivity index is 2.44. The summed E-state index contributed by atoms with van der Waals surface area (Å²) >= 11 is 0. The lowest BCUT2D eigenvalue weighted by Crippen LogP contribution is -1.98. The Morgan fingerprint density at radius 3 is 2.56 bits per heavy atom. The molecule has 2 atom stereocenters. The summed E-state index contributed by atoms with van der Waals surface area (Å²) in [5.41, 5.74) is 0. The maximum absolute atomic E-state index is 10.9. The molecule has 0 heterocycles. The number of Topliss-reactive ketones (excluding diaryl/α,β-unsaturated/α-hetero) is 1. The van der Waals surface area contributed by atoms with E-state index in [1.807, 2.05) is 6.92 Å². The zero-order valence-corrected chi connectivity index (χ0v) is 6.18. The summed E-state index contributed by atoms with van der Waals surface area (Å²) in [5.74, 6) is 1.53. The highest BCUT2D eigenvalue weighted by Crippen LogP contribution is 2.29. The van der Waals surface area contributed by atoms with Crippen molar-refractivity contribution in [1.82, 2.24) is 0 Å². The highest BCUT2D eigenvalue weighted by atomic mass is 16.1. The highest BCUT2D eigenvalue weighted by Gasteiger charge is 2.27. The van der Waals surface area contributed by atoms with Crippen LogP contribution >= 0.6 is 0 Å². The average molecular weight is 126 g/mol. The van der Waals surface area contributed by atoms with Crippen LogP contribution in [0.15, 0.2) is 0 Å². The Morgan fingerprint density at radius 2 is 2.33 bits per heavy atom. The van der Waals surface area contributed by atoms with Crippen molar-refractivity contribution in [2.45, 2.75) is 33.1 Å². The van der Waals surface area contributed by atoms with Gasteiger partial charge < -0.3 is 0 Å². The summed E-state index contributed by atoms with van der Waals surface area (Å²) in [4.78, 5) is 10.9. The minimum Gasteiger partial charge on any atom is -0.299 e. The summed E-state index contributed by atoms with van der Waals surface area (Å²) in [6.45, 7) is 4.20. The topological polar surface area (TPSA) is 17.1 Å². The molecule has 0 aliphatic heterocycles. The van der Waals surface area contributed by atoms with Gasteiger partial charge >= 0.3 is 0 Å². The Hall–Kier alpha value is -0.330. The van der Waals surface area contributed by atoms with Crippen molar-refractivity contribution in [1.29, 1.82) is 0 Å². The molecule has 1 rings (SSSR count). The number of hydrogen-bond donors (Lipinski definition) is 0. The molecule has 1 aliphatic carbocycles. The quantitative estimate of drug-likeness (QED) is 0.525. The molecule has 0 N–H and O–H groups in total. The first-order valence-electron chi connectivity index (χ1n) is 3.76. The average Bonchev–Trinajstić information content (AvgIpc) is 2.13. The van der Waals surface area contributed by atoms with Crippen molar-refractivity contribution < 1.29 is 4.79 Å². The molecule has 2 unspecified atom stereocenters. The maximum atomic E-state index is 10.9. The highest BCUT2D eigenvalue weighted by molar-refractivity contribution is 5.82. The normalized spacial score (nSPS) is 35.6. The van der Waals surface area contributed by atoms with Gasteiger partial charge in [0.15, 0.2) is 0 Å². The molecule has 9 heavy (non-hydrogen) atoms. The van der Waals surface area contributed by atoms with Crippen LogP contribution in [0.1, 0.15) is 33.1 Å². The summed E-state index contributed by atoms with van der Waals surface area (Å²) in [6, 6.07) is 0. The van der Waals surface area contributed by atoms with E-state index in [-0.39, 0.29) is 0 Å². The van der Waals surface area contributed by atoms with Gasteiger partial charge in [-0.15, -0.1) is 0 Å². The van der Waals surface area contributed by atoms with Gasteiger partial charge in [-0.1, -0.05) is 20.3 Å². The van der Waals surface area contributed by atoms with Crippen LogP contribution in [0.5, 0.6) is 0 Å². The van der Waals surface area contributed by atoms with Crippen molar-refractivity contribution in [3.63, 3.8) is 0 Å². The molecule has 1 fully saturated rings. The van der Waals surface area contributed by atoms with Gasteiger partial charge in [-0.05, 0) is 12.3 Å². The molecule has 0 aromatic heterocycles. The van der Waals surface area contributed by atoms with E-state index in [4.69, 9.17) is 0 Å². The van der Waals surface area contributed by atoms with Gasteiger partial charge in [0.1, 0.15) is 5.78 Å². The minimum atomic E-state index is 0.356. The lowest BCUT2D eigenvalue weighted by Gasteiger charge is -2.00. The largest absolute Gasteiger partial charge is 0.299 e. The first-order chi connectivity index (χ1) is 4.24. The van der Waals surface area contributed by atoms with Gasteiger partial charge in [0.25, 0.3) is 0 Å². The van der Waals surface area contributed by atoms with Crippen LogP contribution in [-0.2, 0) is 4.79 Å². The van der Waals surface area contributed by atoms with Gasteiger partial charge in [0.05, 0.1) is 0 Å². The molecule has 0 amide bonds. The van der Waals surface area contributed by atoms with E-state index >= 15 is 0 Å². The molecule has 0 aromatic rings. The lowest BCUT2D eigenvalue weighted by atomic mass is 10.0.